The van der Waals surface area contributed by atoms with Crippen molar-refractivity contribution < 1.29 is 14.3 Å². The number of methoxy groups -OCH3 is 1. The fourth-order valence-electron chi connectivity index (χ4n) is 3.82. The smallest absolute Gasteiger partial charge is 0.348 e. The maximum atomic E-state index is 12.4. The van der Waals surface area contributed by atoms with E-state index in [4.69, 9.17) is 4.74 Å². The molecule has 180 valence electrons. The molecule has 8 nitrogen and oxygen atoms in total. The summed E-state index contributed by atoms with van der Waals surface area (Å²) in [6, 6.07) is 13.2. The third-order valence-corrected chi connectivity index (χ3v) is 7.35. The van der Waals surface area contributed by atoms with E-state index in [-0.39, 0.29) is 17.8 Å². The molecule has 0 radical (unpaired) electrons. The molecule has 0 bridgehead atoms. The minimum atomic E-state index is -0.364. The van der Waals surface area contributed by atoms with Gasteiger partial charge in [-0.2, -0.15) is 11.8 Å². The monoisotopic (exact) mass is 507 g/mol. The standard InChI is InChI=1S/C25H25N5O3S2/c1-26-24(31)18-9-10-27-23-16(5-4-6-17(18)23)15(13-34-3)12-28-22-11-19(29-14-30-22)20-7-8-21(35-20)25(32)33-2/h4-11,14-15H,12-13H2,1-3H3,(H,26,31)(H,28,29,30). The van der Waals surface area contributed by atoms with Crippen molar-refractivity contribution in [2.24, 2.45) is 0 Å². The van der Waals surface area contributed by atoms with Crippen LogP contribution in [0.2, 0.25) is 0 Å². The van der Waals surface area contributed by atoms with Crippen LogP contribution in [0.3, 0.4) is 0 Å². The van der Waals surface area contributed by atoms with Gasteiger partial charge in [-0.05, 0) is 30.0 Å². The summed E-state index contributed by atoms with van der Waals surface area (Å²) < 4.78 is 4.79. The first kappa shape index (κ1) is 24.6. The van der Waals surface area contributed by atoms with E-state index in [0.717, 1.165) is 32.8 Å². The van der Waals surface area contributed by atoms with E-state index in [1.165, 1.54) is 24.8 Å². The predicted octanol–water partition coefficient (Wildman–Crippen LogP) is 4.46. The van der Waals surface area contributed by atoms with E-state index in [1.807, 2.05) is 24.3 Å². The van der Waals surface area contributed by atoms with Crippen molar-refractivity contribution in [1.29, 1.82) is 0 Å². The molecule has 1 amide bonds. The third kappa shape index (κ3) is 5.44. The van der Waals surface area contributed by atoms with Crippen LogP contribution in [0.4, 0.5) is 5.82 Å². The molecule has 2 N–H and O–H groups in total. The average molecular weight is 508 g/mol. The molecule has 0 saturated heterocycles. The summed E-state index contributed by atoms with van der Waals surface area (Å²) in [4.78, 5) is 38.9. The fraction of sp³-hybridized carbons (Fsp3) is 0.240. The van der Waals surface area contributed by atoms with Crippen molar-refractivity contribution >= 4 is 51.7 Å². The van der Waals surface area contributed by atoms with Gasteiger partial charge in [0.25, 0.3) is 5.91 Å². The van der Waals surface area contributed by atoms with Crippen molar-refractivity contribution in [1.82, 2.24) is 20.3 Å². The van der Waals surface area contributed by atoms with Crippen molar-refractivity contribution in [3.05, 3.63) is 71.0 Å². The summed E-state index contributed by atoms with van der Waals surface area (Å²) in [5, 5.41) is 6.97. The quantitative estimate of drug-likeness (QED) is 0.320. The third-order valence-electron chi connectivity index (χ3n) is 5.52. The Balaban J connectivity index is 1.58. The molecule has 0 aliphatic rings. The maximum absolute atomic E-state index is 12.4. The van der Waals surface area contributed by atoms with E-state index in [9.17, 15) is 9.59 Å². The van der Waals surface area contributed by atoms with Crippen LogP contribution in [0.15, 0.2) is 55.0 Å². The van der Waals surface area contributed by atoms with Crippen LogP contribution < -0.4 is 10.6 Å². The van der Waals surface area contributed by atoms with E-state index >= 15 is 0 Å². The first-order valence-corrected chi connectivity index (χ1v) is 13.1. The normalized spacial score (nSPS) is 11.7. The lowest BCUT2D eigenvalue weighted by molar-refractivity contribution is 0.0606. The van der Waals surface area contributed by atoms with Gasteiger partial charge in [-0.3, -0.25) is 9.78 Å². The molecular formula is C25H25N5O3S2. The second kappa shape index (κ2) is 11.3. The summed E-state index contributed by atoms with van der Waals surface area (Å²) in [6.45, 7) is 0.625. The van der Waals surface area contributed by atoms with Crippen molar-refractivity contribution in [3.63, 3.8) is 0 Å². The summed E-state index contributed by atoms with van der Waals surface area (Å²) in [6.07, 6.45) is 5.26. The lowest BCUT2D eigenvalue weighted by Gasteiger charge is -2.19. The molecule has 3 heterocycles. The van der Waals surface area contributed by atoms with Gasteiger partial charge >= 0.3 is 5.97 Å². The van der Waals surface area contributed by atoms with Gasteiger partial charge in [-0.25, -0.2) is 14.8 Å². The van der Waals surface area contributed by atoms with Crippen LogP contribution in [0.25, 0.3) is 21.5 Å². The fourth-order valence-corrected chi connectivity index (χ4v) is 5.41. The summed E-state index contributed by atoms with van der Waals surface area (Å²) in [7, 11) is 2.99. The van der Waals surface area contributed by atoms with Gasteiger partial charge in [0.15, 0.2) is 0 Å². The Morgan fingerprint density at radius 1 is 1.14 bits per heavy atom. The van der Waals surface area contributed by atoms with Crippen LogP contribution >= 0.6 is 23.1 Å². The van der Waals surface area contributed by atoms with Gasteiger partial charge in [-0.1, -0.05) is 18.2 Å². The Morgan fingerprint density at radius 3 is 2.77 bits per heavy atom. The van der Waals surface area contributed by atoms with Crippen LogP contribution in [-0.2, 0) is 4.74 Å². The van der Waals surface area contributed by atoms with Gasteiger partial charge in [0.1, 0.15) is 17.0 Å². The molecule has 1 atom stereocenters. The number of nitrogens with zero attached hydrogens (tertiary/aromatic N) is 3. The first-order valence-electron chi connectivity index (χ1n) is 10.9. The van der Waals surface area contributed by atoms with E-state index < -0.39 is 0 Å². The van der Waals surface area contributed by atoms with Gasteiger partial charge in [0, 0.05) is 42.9 Å². The molecule has 4 aromatic rings. The molecule has 0 fully saturated rings. The van der Waals surface area contributed by atoms with Crippen molar-refractivity contribution in [3.8, 4) is 10.6 Å². The number of esters is 1. The number of amides is 1. The maximum Gasteiger partial charge on any atom is 0.348 e. The molecule has 10 heteroatoms. The number of ether oxygens (including phenoxy) is 1. The number of thioether (sulfide) groups is 1. The van der Waals surface area contributed by atoms with Crippen molar-refractivity contribution in [2.75, 3.05) is 38.0 Å². The Bertz CT molecular complexity index is 1360. The number of anilines is 1. The lowest BCUT2D eigenvalue weighted by Crippen LogP contribution is -2.19. The minimum Gasteiger partial charge on any atom is -0.465 e. The van der Waals surface area contributed by atoms with Crippen LogP contribution in [0.5, 0.6) is 0 Å². The number of fused-ring (bicyclic) bond motifs is 1. The molecule has 35 heavy (non-hydrogen) atoms. The number of pyridine rings is 1. The first-order chi connectivity index (χ1) is 17.0. The Labute approximate surface area is 211 Å². The number of hydrogen-bond donors (Lipinski definition) is 2. The number of rotatable bonds is 9. The number of para-hydroxylation sites is 1. The second-order valence-corrected chi connectivity index (χ2v) is 9.65. The summed E-state index contributed by atoms with van der Waals surface area (Å²) in [5.41, 5.74) is 3.24. The van der Waals surface area contributed by atoms with E-state index in [0.29, 0.717) is 22.8 Å². The number of aromatic nitrogens is 3. The SMILES string of the molecule is CNC(=O)c1ccnc2c(C(CNc3cc(-c4ccc(C(=O)OC)s4)ncn3)CSC)cccc12. The predicted molar refractivity (Wildman–Crippen MR) is 141 cm³/mol. The topological polar surface area (TPSA) is 106 Å². The number of thiophene rings is 1. The highest BCUT2D eigenvalue weighted by atomic mass is 32.2. The van der Waals surface area contributed by atoms with E-state index in [2.05, 4.69) is 37.9 Å². The van der Waals surface area contributed by atoms with Gasteiger partial charge in [0.05, 0.1) is 28.8 Å². The zero-order chi connectivity index (χ0) is 24.8. The molecule has 0 spiro atoms. The molecule has 0 aliphatic heterocycles. The van der Waals surface area contributed by atoms with Gasteiger partial charge in [-0.15, -0.1) is 11.3 Å². The Morgan fingerprint density at radius 2 is 2.00 bits per heavy atom. The summed E-state index contributed by atoms with van der Waals surface area (Å²) >= 11 is 3.08. The van der Waals surface area contributed by atoms with Crippen molar-refractivity contribution in [2.45, 2.75) is 5.92 Å². The van der Waals surface area contributed by atoms with E-state index in [1.54, 1.807) is 37.1 Å². The number of carbonyl (C=O) groups excluding carboxylic acids is 2. The Hall–Kier alpha value is -3.50. The molecule has 1 unspecified atom stereocenters. The molecular weight excluding hydrogens is 482 g/mol. The lowest BCUT2D eigenvalue weighted by atomic mass is 9.95. The van der Waals surface area contributed by atoms with Crippen LogP contribution in [0, 0.1) is 0 Å². The highest BCUT2D eigenvalue weighted by Gasteiger charge is 2.18. The number of carbonyl (C=O) groups is 2. The second-order valence-electron chi connectivity index (χ2n) is 7.66. The minimum absolute atomic E-state index is 0.132. The number of hydrogen-bond acceptors (Lipinski definition) is 9. The highest BCUT2D eigenvalue weighted by molar-refractivity contribution is 7.98. The molecule has 4 rings (SSSR count). The average Bonchev–Trinajstić information content (AvgIpc) is 3.40. The number of nitrogens with one attached hydrogen (secondary N) is 2. The molecule has 0 saturated carbocycles. The molecule has 0 aliphatic carbocycles. The van der Waals surface area contributed by atoms with Crippen LogP contribution in [-0.4, -0.2) is 59.5 Å². The van der Waals surface area contributed by atoms with Gasteiger partial charge < -0.3 is 15.4 Å². The highest BCUT2D eigenvalue weighted by Crippen LogP contribution is 2.30. The zero-order valence-electron chi connectivity index (χ0n) is 19.6. The van der Waals surface area contributed by atoms with Crippen LogP contribution in [0.1, 0.15) is 31.5 Å². The Kier molecular flexibility index (Phi) is 7.94. The largest absolute Gasteiger partial charge is 0.465 e. The summed E-state index contributed by atoms with van der Waals surface area (Å²) in [5.74, 6) is 1.19. The van der Waals surface area contributed by atoms with Gasteiger partial charge in [0.2, 0.25) is 0 Å². The number of benzene rings is 1. The zero-order valence-corrected chi connectivity index (χ0v) is 21.2. The molecule has 3 aromatic heterocycles. The molecule has 1 aromatic carbocycles.